The van der Waals surface area contributed by atoms with Crippen LogP contribution in [-0.2, 0) is 16.0 Å². The van der Waals surface area contributed by atoms with Crippen molar-refractivity contribution in [3.05, 3.63) is 29.6 Å². The van der Waals surface area contributed by atoms with E-state index in [-0.39, 0.29) is 24.3 Å². The first kappa shape index (κ1) is 21.4. The molecule has 2 atom stereocenters. The van der Waals surface area contributed by atoms with Crippen LogP contribution in [0.5, 0.6) is 0 Å². The summed E-state index contributed by atoms with van der Waals surface area (Å²) in [5, 5.41) is 19.9. The zero-order valence-corrected chi connectivity index (χ0v) is 17.9. The molecule has 31 heavy (non-hydrogen) atoms. The number of anilines is 1. The summed E-state index contributed by atoms with van der Waals surface area (Å²) in [4.78, 5) is 30.0. The van der Waals surface area contributed by atoms with E-state index in [1.54, 1.807) is 18.0 Å². The van der Waals surface area contributed by atoms with E-state index in [1.165, 1.54) is 0 Å². The van der Waals surface area contributed by atoms with Crippen LogP contribution in [0.15, 0.2) is 16.7 Å². The number of ether oxygens (including phenoxy) is 1. The molecule has 3 N–H and O–H groups in total. The van der Waals surface area contributed by atoms with Crippen molar-refractivity contribution in [1.29, 1.82) is 0 Å². The Labute approximate surface area is 180 Å². The van der Waals surface area contributed by atoms with Gasteiger partial charge in [0.15, 0.2) is 5.82 Å². The van der Waals surface area contributed by atoms with Gasteiger partial charge in [0.1, 0.15) is 12.2 Å². The maximum absolute atomic E-state index is 12.2. The van der Waals surface area contributed by atoms with E-state index in [9.17, 15) is 14.7 Å². The van der Waals surface area contributed by atoms with Gasteiger partial charge in [0, 0.05) is 42.5 Å². The van der Waals surface area contributed by atoms with Crippen LogP contribution in [0.1, 0.15) is 62.3 Å². The molecule has 1 saturated carbocycles. The number of oxazole rings is 1. The fourth-order valence-electron chi connectivity index (χ4n) is 4.77. The molecular formula is C21H29N5O5. The fourth-order valence-corrected chi connectivity index (χ4v) is 4.77. The number of amides is 2. The van der Waals surface area contributed by atoms with Gasteiger partial charge in [-0.15, -0.1) is 0 Å². The minimum Gasteiger partial charge on any atom is -0.465 e. The molecule has 0 unspecified atom stereocenters. The lowest BCUT2D eigenvalue weighted by Gasteiger charge is -2.45. The number of carbonyl (C=O) groups excluding carboxylic acids is 1. The van der Waals surface area contributed by atoms with Crippen molar-refractivity contribution in [3.8, 4) is 0 Å². The molecule has 1 aliphatic heterocycles. The van der Waals surface area contributed by atoms with Crippen LogP contribution in [0.25, 0.3) is 0 Å². The number of hydrogen-bond donors (Lipinski definition) is 3. The molecule has 0 bridgehead atoms. The second kappa shape index (κ2) is 8.70. The van der Waals surface area contributed by atoms with Gasteiger partial charge in [-0.3, -0.25) is 14.8 Å². The molecule has 0 radical (unpaired) electrons. The molecule has 3 heterocycles. The van der Waals surface area contributed by atoms with Gasteiger partial charge in [0.05, 0.1) is 6.20 Å². The number of rotatable bonds is 6. The largest absolute Gasteiger partial charge is 0.465 e. The number of aromatic nitrogens is 3. The highest BCUT2D eigenvalue weighted by atomic mass is 16.5. The lowest BCUT2D eigenvalue weighted by molar-refractivity contribution is -0.115. The molecule has 168 valence electrons. The van der Waals surface area contributed by atoms with Gasteiger partial charge in [0.25, 0.3) is 0 Å². The Hall–Kier alpha value is -2.88. The maximum atomic E-state index is 12.2. The molecule has 2 aromatic heterocycles. The Morgan fingerprint density at radius 1 is 1.35 bits per heavy atom. The highest BCUT2D eigenvalue weighted by Gasteiger charge is 2.44. The van der Waals surface area contributed by atoms with Crippen molar-refractivity contribution in [1.82, 2.24) is 20.1 Å². The predicted octanol–water partition coefficient (Wildman–Crippen LogP) is 3.07. The molecule has 2 aliphatic rings. The van der Waals surface area contributed by atoms with Crippen LogP contribution >= 0.6 is 0 Å². The van der Waals surface area contributed by atoms with Gasteiger partial charge >= 0.3 is 6.09 Å². The predicted molar refractivity (Wildman–Crippen MR) is 111 cm³/mol. The quantitative estimate of drug-likeness (QED) is 0.640. The third kappa shape index (κ3) is 4.73. The van der Waals surface area contributed by atoms with Gasteiger partial charge in [-0.05, 0) is 46.0 Å². The van der Waals surface area contributed by atoms with Crippen LogP contribution in [0, 0.1) is 6.92 Å². The Bertz CT molecular complexity index is 932. The minimum absolute atomic E-state index is 0.0391. The zero-order valence-electron chi connectivity index (χ0n) is 17.9. The van der Waals surface area contributed by atoms with E-state index in [0.717, 1.165) is 25.0 Å². The second-order valence-electron chi connectivity index (χ2n) is 8.72. The lowest BCUT2D eigenvalue weighted by atomic mass is 9.88. The zero-order chi connectivity index (χ0) is 22.0. The summed E-state index contributed by atoms with van der Waals surface area (Å²) in [6, 6.07) is 1.78. The average Bonchev–Trinajstić information content (AvgIpc) is 3.44. The first-order chi connectivity index (χ1) is 14.8. The van der Waals surface area contributed by atoms with Crippen LogP contribution in [-0.4, -0.2) is 62.0 Å². The standard InChI is InChI=1S/C21H29N5O5/c1-13-12-22-19(31-13)11-18(27)23-17-10-16(24-25-17)14-3-4-15(9-14)26(20(28)29)21(2)5-7-30-8-6-21/h10,12,14-15H,3-9,11H2,1-2H3,(H,28,29)(H2,23,24,25,27)/t14-,15+/m0/s1. The number of carboxylic acid groups (broad SMARTS) is 1. The Kier molecular flexibility index (Phi) is 5.99. The summed E-state index contributed by atoms with van der Waals surface area (Å²) in [6.45, 7) is 4.98. The van der Waals surface area contributed by atoms with E-state index >= 15 is 0 Å². The second-order valence-corrected chi connectivity index (χ2v) is 8.72. The first-order valence-corrected chi connectivity index (χ1v) is 10.7. The number of aryl methyl sites for hydroxylation is 1. The van der Waals surface area contributed by atoms with Crippen molar-refractivity contribution in [2.75, 3.05) is 18.5 Å². The lowest BCUT2D eigenvalue weighted by Crippen LogP contribution is -2.56. The highest BCUT2D eigenvalue weighted by molar-refractivity contribution is 5.90. The van der Waals surface area contributed by atoms with Crippen LogP contribution in [0.2, 0.25) is 0 Å². The summed E-state index contributed by atoms with van der Waals surface area (Å²) in [7, 11) is 0. The van der Waals surface area contributed by atoms with Crippen molar-refractivity contribution in [2.24, 2.45) is 0 Å². The van der Waals surface area contributed by atoms with E-state index in [2.05, 4.69) is 20.5 Å². The summed E-state index contributed by atoms with van der Waals surface area (Å²) in [5.41, 5.74) is 0.516. The molecule has 2 fully saturated rings. The van der Waals surface area contributed by atoms with Crippen molar-refractivity contribution in [3.63, 3.8) is 0 Å². The Balaban J connectivity index is 1.37. The average molecular weight is 431 g/mol. The van der Waals surface area contributed by atoms with Gasteiger partial charge in [-0.1, -0.05) is 0 Å². The van der Waals surface area contributed by atoms with Crippen molar-refractivity contribution in [2.45, 2.75) is 69.9 Å². The molecule has 4 rings (SSSR count). The molecule has 10 nitrogen and oxygen atoms in total. The molecule has 2 amide bonds. The van der Waals surface area contributed by atoms with Gasteiger partial charge in [0.2, 0.25) is 11.8 Å². The Morgan fingerprint density at radius 2 is 2.13 bits per heavy atom. The van der Waals surface area contributed by atoms with Crippen LogP contribution in [0.3, 0.4) is 0 Å². The smallest absolute Gasteiger partial charge is 0.408 e. The van der Waals surface area contributed by atoms with E-state index < -0.39 is 11.6 Å². The monoisotopic (exact) mass is 431 g/mol. The molecule has 1 aliphatic carbocycles. The fraction of sp³-hybridized carbons (Fsp3) is 0.619. The number of carbonyl (C=O) groups is 2. The number of H-pyrrole nitrogens is 1. The van der Waals surface area contributed by atoms with Gasteiger partial charge in [-0.2, -0.15) is 5.10 Å². The molecule has 1 saturated heterocycles. The highest BCUT2D eigenvalue weighted by Crippen LogP contribution is 2.41. The van der Waals surface area contributed by atoms with Crippen molar-refractivity contribution >= 4 is 17.8 Å². The maximum Gasteiger partial charge on any atom is 0.408 e. The van der Waals surface area contributed by atoms with Gasteiger partial charge in [-0.25, -0.2) is 9.78 Å². The number of aromatic amines is 1. The van der Waals surface area contributed by atoms with Crippen LogP contribution < -0.4 is 5.32 Å². The minimum atomic E-state index is -0.866. The third-order valence-electron chi connectivity index (χ3n) is 6.41. The number of nitrogens with one attached hydrogen (secondary N) is 2. The van der Waals surface area contributed by atoms with Crippen LogP contribution in [0.4, 0.5) is 10.6 Å². The number of hydrogen-bond acceptors (Lipinski definition) is 6. The third-order valence-corrected chi connectivity index (χ3v) is 6.41. The van der Waals surface area contributed by atoms with Gasteiger partial charge < -0.3 is 19.6 Å². The summed E-state index contributed by atoms with van der Waals surface area (Å²) >= 11 is 0. The van der Waals surface area contributed by atoms with Crippen molar-refractivity contribution < 1.29 is 23.8 Å². The summed E-state index contributed by atoms with van der Waals surface area (Å²) < 4.78 is 10.8. The SMILES string of the molecule is Cc1cnc(CC(=O)Nc2cc([C@H]3CC[C@@H](N(C(=O)O)C4(C)CCOCC4)C3)[nH]n2)o1. The summed E-state index contributed by atoms with van der Waals surface area (Å²) in [6.07, 6.45) is 4.58. The molecule has 0 aromatic carbocycles. The summed E-state index contributed by atoms with van der Waals surface area (Å²) in [5.74, 6) is 1.38. The Morgan fingerprint density at radius 3 is 2.81 bits per heavy atom. The molecule has 10 heteroatoms. The van der Waals surface area contributed by atoms with E-state index in [4.69, 9.17) is 9.15 Å². The van der Waals surface area contributed by atoms with E-state index in [1.807, 2.05) is 13.0 Å². The molecule has 2 aromatic rings. The number of nitrogens with zero attached hydrogens (tertiary/aromatic N) is 3. The topological polar surface area (TPSA) is 134 Å². The van der Waals surface area contributed by atoms with E-state index in [0.29, 0.717) is 43.5 Å². The first-order valence-electron chi connectivity index (χ1n) is 10.7. The normalized spacial score (nSPS) is 22.9. The molecular weight excluding hydrogens is 402 g/mol. The molecule has 0 spiro atoms.